The first-order valence-electron chi connectivity index (χ1n) is 10.4. The average Bonchev–Trinajstić information content (AvgIpc) is 2.70. The summed E-state index contributed by atoms with van der Waals surface area (Å²) in [6.45, 7) is 8.56. The molecule has 1 N–H and O–H groups in total. The lowest BCUT2D eigenvalue weighted by atomic mass is 9.91. The maximum Gasteiger partial charge on any atom is 0.157 e. The molecule has 2 aromatic carbocycles. The summed E-state index contributed by atoms with van der Waals surface area (Å²) >= 11 is -1.26. The largest absolute Gasteiger partial charge is 0.597 e. The summed E-state index contributed by atoms with van der Waals surface area (Å²) in [7, 11) is 0. The Morgan fingerprint density at radius 1 is 1.07 bits per heavy atom. The lowest BCUT2D eigenvalue weighted by Gasteiger charge is -2.43. The molecule has 0 aliphatic carbocycles. The number of rotatable bonds is 6. The summed E-state index contributed by atoms with van der Waals surface area (Å²) < 4.78 is 21.4. The number of aliphatic hydroxyl groups excluding tert-OH is 1. The molecular weight excluding hydrogens is 382 g/mol. The minimum atomic E-state index is -1.26. The van der Waals surface area contributed by atoms with Gasteiger partial charge in [-0.15, -0.1) is 4.31 Å². The monoisotopic (exact) mass is 415 g/mol. The van der Waals surface area contributed by atoms with Crippen molar-refractivity contribution in [1.82, 2.24) is 4.31 Å². The molecule has 4 nitrogen and oxygen atoms in total. The van der Waals surface area contributed by atoms with Crippen LogP contribution >= 0.6 is 0 Å². The van der Waals surface area contributed by atoms with Crippen LogP contribution in [0.4, 0.5) is 0 Å². The summed E-state index contributed by atoms with van der Waals surface area (Å²) in [6.07, 6.45) is 0.696. The predicted octanol–water partition coefficient (Wildman–Crippen LogP) is 4.83. The minimum absolute atomic E-state index is 0.110. The number of nitrogens with zero attached hydrogens (tertiary/aromatic N) is 1. The lowest BCUT2D eigenvalue weighted by Crippen LogP contribution is -2.50. The molecule has 5 heteroatoms. The van der Waals surface area contributed by atoms with Crippen LogP contribution in [0.1, 0.15) is 57.7 Å². The fourth-order valence-corrected chi connectivity index (χ4v) is 5.21. The summed E-state index contributed by atoms with van der Waals surface area (Å²) in [5.74, 6) is 0.110. The third kappa shape index (κ3) is 5.62. The second-order valence-electron chi connectivity index (χ2n) is 8.90. The maximum atomic E-state index is 13.7. The Bertz CT molecular complexity index is 750. The van der Waals surface area contributed by atoms with Crippen LogP contribution in [0.5, 0.6) is 0 Å². The molecule has 0 spiro atoms. The van der Waals surface area contributed by atoms with E-state index < -0.39 is 22.4 Å². The predicted molar refractivity (Wildman–Crippen MR) is 118 cm³/mol. The van der Waals surface area contributed by atoms with Gasteiger partial charge in [0, 0.05) is 17.3 Å². The van der Waals surface area contributed by atoms with Crippen LogP contribution in [0.15, 0.2) is 60.7 Å². The van der Waals surface area contributed by atoms with Crippen LogP contribution in [0.3, 0.4) is 0 Å². The number of ether oxygens (including phenoxy) is 1. The topological polar surface area (TPSA) is 55.8 Å². The van der Waals surface area contributed by atoms with Crippen molar-refractivity contribution >= 4 is 11.4 Å². The molecule has 2 aromatic rings. The highest BCUT2D eigenvalue weighted by molar-refractivity contribution is 7.90. The molecule has 0 radical (unpaired) electrons. The molecule has 5 atom stereocenters. The first-order valence-corrected chi connectivity index (χ1v) is 11.5. The lowest BCUT2D eigenvalue weighted by molar-refractivity contribution is -0.202. The molecule has 29 heavy (non-hydrogen) atoms. The number of hydrogen-bond donors (Lipinski definition) is 1. The molecule has 0 aromatic heterocycles. The highest BCUT2D eigenvalue weighted by Gasteiger charge is 2.44. The fourth-order valence-electron chi connectivity index (χ4n) is 3.78. The molecule has 3 unspecified atom stereocenters. The van der Waals surface area contributed by atoms with Gasteiger partial charge in [0.25, 0.3) is 0 Å². The van der Waals surface area contributed by atoms with E-state index in [4.69, 9.17) is 4.74 Å². The minimum Gasteiger partial charge on any atom is -0.597 e. The van der Waals surface area contributed by atoms with Crippen molar-refractivity contribution in [2.24, 2.45) is 5.92 Å². The molecule has 1 saturated heterocycles. The van der Waals surface area contributed by atoms with Gasteiger partial charge in [0.1, 0.15) is 10.8 Å². The summed E-state index contributed by atoms with van der Waals surface area (Å²) in [5.41, 5.74) is 2.17. The van der Waals surface area contributed by atoms with Gasteiger partial charge in [0.2, 0.25) is 0 Å². The zero-order valence-corrected chi connectivity index (χ0v) is 18.6. The third-order valence-corrected chi connectivity index (χ3v) is 7.26. The van der Waals surface area contributed by atoms with Crippen LogP contribution in [0, 0.1) is 5.92 Å². The van der Waals surface area contributed by atoms with Gasteiger partial charge in [-0.25, -0.2) is 0 Å². The number of aliphatic hydroxyl groups is 1. The van der Waals surface area contributed by atoms with E-state index in [1.807, 2.05) is 64.1 Å². The average molecular weight is 416 g/mol. The van der Waals surface area contributed by atoms with Crippen LogP contribution < -0.4 is 0 Å². The van der Waals surface area contributed by atoms with E-state index in [0.29, 0.717) is 6.54 Å². The van der Waals surface area contributed by atoms with Crippen LogP contribution in [0.2, 0.25) is 0 Å². The van der Waals surface area contributed by atoms with Gasteiger partial charge in [-0.1, -0.05) is 67.6 Å². The molecule has 1 aliphatic heterocycles. The first kappa shape index (κ1) is 22.3. The molecule has 158 valence electrons. The van der Waals surface area contributed by atoms with E-state index in [1.54, 1.807) is 0 Å². The Hall–Kier alpha value is -1.37. The van der Waals surface area contributed by atoms with Crippen molar-refractivity contribution in [2.45, 2.75) is 70.3 Å². The van der Waals surface area contributed by atoms with Crippen molar-refractivity contribution in [3.05, 3.63) is 71.8 Å². The molecule has 0 amide bonds. The molecular formula is C24H33NO3S. The normalized spacial score (nSPS) is 25.0. The van der Waals surface area contributed by atoms with Crippen LogP contribution in [0.25, 0.3) is 0 Å². The molecule has 0 saturated carbocycles. The highest BCUT2D eigenvalue weighted by atomic mass is 32.2. The van der Waals surface area contributed by atoms with Crippen molar-refractivity contribution < 1.29 is 14.4 Å². The Morgan fingerprint density at radius 3 is 2.21 bits per heavy atom. The molecule has 1 fully saturated rings. The Kier molecular flexibility index (Phi) is 7.41. The van der Waals surface area contributed by atoms with Gasteiger partial charge in [0.15, 0.2) is 6.29 Å². The SMILES string of the molecule is CC1CC[C@@H]([C@@H](c2ccccc2)N(Cc2ccccc2)[S+]([O-])C(C)(C)C)OC1O. The van der Waals surface area contributed by atoms with E-state index in [-0.39, 0.29) is 18.1 Å². The van der Waals surface area contributed by atoms with Crippen LogP contribution in [-0.4, -0.2) is 31.1 Å². The van der Waals surface area contributed by atoms with Gasteiger partial charge in [-0.05, 0) is 44.7 Å². The number of benzene rings is 2. The summed E-state index contributed by atoms with van der Waals surface area (Å²) in [4.78, 5) is 0. The van der Waals surface area contributed by atoms with E-state index in [9.17, 15) is 9.66 Å². The Balaban J connectivity index is 2.01. The van der Waals surface area contributed by atoms with Gasteiger partial charge in [-0.3, -0.25) is 0 Å². The Labute approximate surface area is 178 Å². The zero-order valence-electron chi connectivity index (χ0n) is 17.8. The summed E-state index contributed by atoms with van der Waals surface area (Å²) in [6, 6.07) is 20.1. The van der Waals surface area contributed by atoms with Gasteiger partial charge < -0.3 is 14.4 Å². The van der Waals surface area contributed by atoms with Gasteiger partial charge in [-0.2, -0.15) is 0 Å². The van der Waals surface area contributed by atoms with E-state index >= 15 is 0 Å². The zero-order chi connectivity index (χ0) is 21.0. The van der Waals surface area contributed by atoms with Crippen molar-refractivity contribution in [1.29, 1.82) is 0 Å². The standard InChI is InChI=1S/C24H33NO3S/c1-18-15-16-21(28-23(18)26)22(20-13-9-6-10-14-20)25(29(27)24(2,3)4)17-19-11-7-5-8-12-19/h5-14,18,21-23,26H,15-17H2,1-4H3/t18?,21-,22+,23?,29?/m0/s1. The second kappa shape index (κ2) is 9.63. The van der Waals surface area contributed by atoms with Gasteiger partial charge >= 0.3 is 0 Å². The molecule has 3 rings (SSSR count). The smallest absolute Gasteiger partial charge is 0.157 e. The van der Waals surface area contributed by atoms with Crippen molar-refractivity contribution in [3.63, 3.8) is 0 Å². The van der Waals surface area contributed by atoms with Crippen LogP contribution in [-0.2, 0) is 22.6 Å². The van der Waals surface area contributed by atoms with Crippen molar-refractivity contribution in [2.75, 3.05) is 0 Å². The van der Waals surface area contributed by atoms with E-state index in [0.717, 1.165) is 24.0 Å². The third-order valence-electron chi connectivity index (χ3n) is 5.43. The maximum absolute atomic E-state index is 13.7. The highest BCUT2D eigenvalue weighted by Crippen LogP contribution is 2.39. The fraction of sp³-hybridized carbons (Fsp3) is 0.500. The van der Waals surface area contributed by atoms with E-state index in [1.165, 1.54) is 0 Å². The quantitative estimate of drug-likeness (QED) is 0.687. The molecule has 1 heterocycles. The Morgan fingerprint density at radius 2 is 1.66 bits per heavy atom. The van der Waals surface area contributed by atoms with Crippen molar-refractivity contribution in [3.8, 4) is 0 Å². The second-order valence-corrected chi connectivity index (χ2v) is 11.1. The first-order chi connectivity index (χ1) is 13.8. The number of hydrogen-bond acceptors (Lipinski definition) is 4. The molecule has 0 bridgehead atoms. The summed E-state index contributed by atoms with van der Waals surface area (Å²) in [5, 5.41) is 10.4. The molecule has 1 aliphatic rings. The van der Waals surface area contributed by atoms with E-state index in [2.05, 4.69) is 28.6 Å². The van der Waals surface area contributed by atoms with Gasteiger partial charge in [0.05, 0.1) is 12.6 Å².